The second kappa shape index (κ2) is 7.85. The standard InChI is InChI=1S/C20H19N3OS2/c24-19(13-16-14-26-20(22-16)18-7-3-12-25-18)21-9-4-10-23-11-8-15-5-1-2-6-17(15)23/h1-3,5-8,11-12,14H,4,9-10,13H2,(H,21,24). The van der Waals surface area contributed by atoms with Crippen LogP contribution in [0.5, 0.6) is 0 Å². The molecular formula is C20H19N3OS2. The van der Waals surface area contributed by atoms with E-state index < -0.39 is 0 Å². The van der Waals surface area contributed by atoms with E-state index in [0.29, 0.717) is 13.0 Å². The molecule has 4 aromatic rings. The van der Waals surface area contributed by atoms with Crippen molar-refractivity contribution in [1.29, 1.82) is 0 Å². The zero-order valence-corrected chi connectivity index (χ0v) is 15.9. The van der Waals surface area contributed by atoms with E-state index in [1.807, 2.05) is 16.8 Å². The zero-order valence-electron chi connectivity index (χ0n) is 14.2. The number of carbonyl (C=O) groups is 1. The molecule has 0 spiro atoms. The summed E-state index contributed by atoms with van der Waals surface area (Å²) in [7, 11) is 0. The summed E-state index contributed by atoms with van der Waals surface area (Å²) in [4.78, 5) is 17.8. The maximum absolute atomic E-state index is 12.1. The van der Waals surface area contributed by atoms with E-state index in [1.54, 1.807) is 22.7 Å². The van der Waals surface area contributed by atoms with Crippen molar-refractivity contribution in [2.75, 3.05) is 6.54 Å². The number of carbonyl (C=O) groups excluding carboxylic acids is 1. The summed E-state index contributed by atoms with van der Waals surface area (Å²) in [5.74, 6) is 0.0328. The number of fused-ring (bicyclic) bond motifs is 1. The number of benzene rings is 1. The molecule has 0 bridgehead atoms. The number of rotatable bonds is 7. The molecule has 0 aliphatic carbocycles. The average Bonchev–Trinajstić information content (AvgIpc) is 3.39. The van der Waals surface area contributed by atoms with Crippen LogP contribution < -0.4 is 5.32 Å². The molecule has 4 rings (SSSR count). The van der Waals surface area contributed by atoms with Crippen LogP contribution in [0.25, 0.3) is 20.8 Å². The number of aromatic nitrogens is 2. The topological polar surface area (TPSA) is 46.9 Å². The van der Waals surface area contributed by atoms with E-state index in [2.05, 4.69) is 57.5 Å². The van der Waals surface area contributed by atoms with Crippen LogP contribution in [0.4, 0.5) is 0 Å². The summed E-state index contributed by atoms with van der Waals surface area (Å²) in [6, 6.07) is 14.5. The van der Waals surface area contributed by atoms with Crippen LogP contribution in [0.3, 0.4) is 0 Å². The van der Waals surface area contributed by atoms with Crippen molar-refractivity contribution in [1.82, 2.24) is 14.9 Å². The summed E-state index contributed by atoms with van der Waals surface area (Å²) in [6.45, 7) is 1.57. The number of nitrogens with one attached hydrogen (secondary N) is 1. The second-order valence-electron chi connectivity index (χ2n) is 6.07. The summed E-state index contributed by atoms with van der Waals surface area (Å²) >= 11 is 3.26. The molecule has 0 aliphatic heterocycles. The smallest absolute Gasteiger partial charge is 0.226 e. The van der Waals surface area contributed by atoms with Crippen LogP contribution in [0.1, 0.15) is 12.1 Å². The molecule has 3 heterocycles. The van der Waals surface area contributed by atoms with Gasteiger partial charge in [-0.1, -0.05) is 24.3 Å². The van der Waals surface area contributed by atoms with E-state index >= 15 is 0 Å². The normalized spacial score (nSPS) is 11.1. The molecule has 0 unspecified atom stereocenters. The van der Waals surface area contributed by atoms with Gasteiger partial charge in [0.05, 0.1) is 17.0 Å². The molecule has 1 amide bonds. The SMILES string of the molecule is O=C(Cc1csc(-c2cccs2)n1)NCCCn1ccc2ccccc21. The van der Waals surface area contributed by atoms with Gasteiger partial charge in [0.25, 0.3) is 0 Å². The highest BCUT2D eigenvalue weighted by molar-refractivity contribution is 7.20. The fourth-order valence-corrected chi connectivity index (χ4v) is 4.58. The van der Waals surface area contributed by atoms with Crippen LogP contribution in [0.2, 0.25) is 0 Å². The quantitative estimate of drug-likeness (QED) is 0.477. The third-order valence-electron chi connectivity index (χ3n) is 4.20. The summed E-state index contributed by atoms with van der Waals surface area (Å²) < 4.78 is 2.23. The molecule has 1 aromatic carbocycles. The van der Waals surface area contributed by atoms with Gasteiger partial charge < -0.3 is 9.88 Å². The highest BCUT2D eigenvalue weighted by Gasteiger charge is 2.09. The van der Waals surface area contributed by atoms with Gasteiger partial charge in [-0.2, -0.15) is 0 Å². The van der Waals surface area contributed by atoms with Gasteiger partial charge in [0.15, 0.2) is 0 Å². The minimum Gasteiger partial charge on any atom is -0.356 e. The lowest BCUT2D eigenvalue weighted by molar-refractivity contribution is -0.120. The fraction of sp³-hybridized carbons (Fsp3) is 0.200. The maximum atomic E-state index is 12.1. The molecule has 1 N–H and O–H groups in total. The molecule has 0 radical (unpaired) electrons. The van der Waals surface area contributed by atoms with Crippen LogP contribution in [0.15, 0.2) is 59.4 Å². The molecule has 0 saturated heterocycles. The van der Waals surface area contributed by atoms with Crippen LogP contribution in [-0.4, -0.2) is 22.0 Å². The van der Waals surface area contributed by atoms with Crippen molar-refractivity contribution >= 4 is 39.5 Å². The largest absolute Gasteiger partial charge is 0.356 e. The van der Waals surface area contributed by atoms with Gasteiger partial charge in [0.1, 0.15) is 5.01 Å². The Balaban J connectivity index is 1.24. The van der Waals surface area contributed by atoms with Crippen molar-refractivity contribution in [2.24, 2.45) is 0 Å². The number of hydrogen-bond donors (Lipinski definition) is 1. The number of para-hydroxylation sites is 1. The highest BCUT2D eigenvalue weighted by Crippen LogP contribution is 2.27. The number of aryl methyl sites for hydroxylation is 1. The molecule has 3 aromatic heterocycles. The van der Waals surface area contributed by atoms with Crippen LogP contribution >= 0.6 is 22.7 Å². The summed E-state index contributed by atoms with van der Waals surface area (Å²) in [6.07, 6.45) is 3.35. The van der Waals surface area contributed by atoms with E-state index in [4.69, 9.17) is 0 Å². The third kappa shape index (κ3) is 3.86. The van der Waals surface area contributed by atoms with Gasteiger partial charge >= 0.3 is 0 Å². The molecule has 0 atom stereocenters. The third-order valence-corrected chi connectivity index (χ3v) is 6.13. The Morgan fingerprint density at radius 3 is 2.92 bits per heavy atom. The van der Waals surface area contributed by atoms with Gasteiger partial charge in [-0.15, -0.1) is 22.7 Å². The lowest BCUT2D eigenvalue weighted by Crippen LogP contribution is -2.26. The first kappa shape index (κ1) is 17.0. The molecule has 0 aliphatic rings. The first-order valence-electron chi connectivity index (χ1n) is 8.58. The summed E-state index contributed by atoms with van der Waals surface area (Å²) in [5.41, 5.74) is 2.08. The number of amides is 1. The Kier molecular flexibility index (Phi) is 5.13. The van der Waals surface area contributed by atoms with Crippen molar-refractivity contribution in [2.45, 2.75) is 19.4 Å². The molecule has 4 nitrogen and oxygen atoms in total. The van der Waals surface area contributed by atoms with Crippen LogP contribution in [0, 0.1) is 0 Å². The Hall–Kier alpha value is -2.44. The monoisotopic (exact) mass is 381 g/mol. The van der Waals surface area contributed by atoms with Gasteiger partial charge in [-0.25, -0.2) is 4.98 Å². The lowest BCUT2D eigenvalue weighted by atomic mass is 10.2. The zero-order chi connectivity index (χ0) is 17.8. The predicted molar refractivity (Wildman–Crippen MR) is 109 cm³/mol. The highest BCUT2D eigenvalue weighted by atomic mass is 32.1. The number of nitrogens with zero attached hydrogens (tertiary/aromatic N) is 2. The van der Waals surface area contributed by atoms with E-state index in [9.17, 15) is 4.79 Å². The van der Waals surface area contributed by atoms with E-state index in [0.717, 1.165) is 28.5 Å². The minimum atomic E-state index is 0.0328. The molecule has 132 valence electrons. The molecule has 26 heavy (non-hydrogen) atoms. The first-order valence-corrected chi connectivity index (χ1v) is 10.3. The average molecular weight is 382 g/mol. The number of thiophene rings is 1. The van der Waals surface area contributed by atoms with E-state index in [-0.39, 0.29) is 5.91 Å². The van der Waals surface area contributed by atoms with Crippen molar-refractivity contribution in [3.05, 3.63) is 65.1 Å². The first-order chi connectivity index (χ1) is 12.8. The minimum absolute atomic E-state index is 0.0328. The Morgan fingerprint density at radius 2 is 2.04 bits per heavy atom. The van der Waals surface area contributed by atoms with Gasteiger partial charge in [-0.05, 0) is 35.4 Å². The lowest BCUT2D eigenvalue weighted by Gasteiger charge is -2.07. The molecule has 0 fully saturated rings. The second-order valence-corrected chi connectivity index (χ2v) is 7.88. The Morgan fingerprint density at radius 1 is 1.12 bits per heavy atom. The van der Waals surface area contributed by atoms with Gasteiger partial charge in [0.2, 0.25) is 5.91 Å². The van der Waals surface area contributed by atoms with Gasteiger partial charge in [0, 0.05) is 30.2 Å². The Bertz CT molecular complexity index is 1000. The number of hydrogen-bond acceptors (Lipinski definition) is 4. The van der Waals surface area contributed by atoms with Crippen LogP contribution in [-0.2, 0) is 17.8 Å². The molecular weight excluding hydrogens is 362 g/mol. The Labute approximate surface area is 160 Å². The predicted octanol–water partition coefficient (Wildman–Crippen LogP) is 4.58. The van der Waals surface area contributed by atoms with Crippen molar-refractivity contribution < 1.29 is 4.79 Å². The maximum Gasteiger partial charge on any atom is 0.226 e. The fourth-order valence-electron chi connectivity index (χ4n) is 2.94. The molecule has 0 saturated carbocycles. The summed E-state index contributed by atoms with van der Waals surface area (Å²) in [5, 5.41) is 9.25. The van der Waals surface area contributed by atoms with Crippen molar-refractivity contribution in [3.8, 4) is 9.88 Å². The molecule has 6 heteroatoms. The van der Waals surface area contributed by atoms with Crippen molar-refractivity contribution in [3.63, 3.8) is 0 Å². The van der Waals surface area contributed by atoms with E-state index in [1.165, 1.54) is 10.9 Å². The van der Waals surface area contributed by atoms with Gasteiger partial charge in [-0.3, -0.25) is 4.79 Å². The number of thiazole rings is 1.